The van der Waals surface area contributed by atoms with E-state index in [-0.39, 0.29) is 5.92 Å². The van der Waals surface area contributed by atoms with Gasteiger partial charge in [0.1, 0.15) is 22.5 Å². The Balaban J connectivity index is 1.06. The molecule has 0 saturated heterocycles. The summed E-state index contributed by atoms with van der Waals surface area (Å²) in [6.07, 6.45) is 2.99. The van der Waals surface area contributed by atoms with E-state index in [2.05, 4.69) is 116 Å². The highest BCUT2D eigenvalue weighted by molar-refractivity contribution is 6.19. The van der Waals surface area contributed by atoms with Crippen molar-refractivity contribution < 1.29 is 8.83 Å². The van der Waals surface area contributed by atoms with E-state index in [9.17, 15) is 0 Å². The largest absolute Gasteiger partial charge is 0.460 e. The third-order valence-corrected chi connectivity index (χ3v) is 11.5. The highest BCUT2D eigenvalue weighted by atomic mass is 16.3. The van der Waals surface area contributed by atoms with E-state index in [0.29, 0.717) is 17.5 Å². The number of fused-ring (bicyclic) bond motifs is 9. The summed E-state index contributed by atoms with van der Waals surface area (Å²) in [4.78, 5) is 15.6. The first-order valence-corrected chi connectivity index (χ1v) is 18.8. The second-order valence-electron chi connectivity index (χ2n) is 14.7. The predicted molar refractivity (Wildman–Crippen MR) is 222 cm³/mol. The Labute approximate surface area is 316 Å². The molecular formula is C50H31N3O2. The number of hydrogen-bond donors (Lipinski definition) is 0. The van der Waals surface area contributed by atoms with E-state index in [1.807, 2.05) is 42.5 Å². The maximum absolute atomic E-state index is 6.55. The van der Waals surface area contributed by atoms with Gasteiger partial charge in [0.25, 0.3) is 0 Å². The Bertz CT molecular complexity index is 3250. The maximum Gasteiger partial charge on any atom is 0.164 e. The molecule has 12 rings (SSSR count). The van der Waals surface area contributed by atoms with E-state index in [1.54, 1.807) is 0 Å². The zero-order valence-electron chi connectivity index (χ0n) is 29.9. The lowest BCUT2D eigenvalue weighted by molar-refractivity contribution is 0.517. The van der Waals surface area contributed by atoms with E-state index in [0.717, 1.165) is 72.9 Å². The van der Waals surface area contributed by atoms with Crippen LogP contribution in [0.5, 0.6) is 0 Å². The van der Waals surface area contributed by atoms with Gasteiger partial charge in [0.15, 0.2) is 17.5 Å². The standard InChI is InChI=1S/C50H31N3O2/c1-28-25-44-39(33-15-5-6-21-41(33)55-44)27-38(28)50-52-48(30-11-3-2-4-12-30)51-49(53-50)37-20-10-22-43-47(37)40-26-31(23-24-42(40)54-43)32-16-9-18-35-34-17-7-13-29-14-8-19-36(45(29)34)46(32)35/h2-24,26-28H,25H2,1H3. The summed E-state index contributed by atoms with van der Waals surface area (Å²) in [6, 6.07) is 51.0. The highest BCUT2D eigenvalue weighted by Gasteiger charge is 2.28. The van der Waals surface area contributed by atoms with Gasteiger partial charge in [-0.15, -0.1) is 0 Å². The number of furan rings is 2. The van der Waals surface area contributed by atoms with Gasteiger partial charge in [-0.25, -0.2) is 15.0 Å². The molecule has 0 amide bonds. The fourth-order valence-corrected chi connectivity index (χ4v) is 9.00. The first-order chi connectivity index (χ1) is 27.2. The average Bonchev–Trinajstić information content (AvgIpc) is 3.90. The van der Waals surface area contributed by atoms with Crippen LogP contribution in [0.2, 0.25) is 0 Å². The first kappa shape index (κ1) is 30.4. The van der Waals surface area contributed by atoms with Crippen molar-refractivity contribution in [2.45, 2.75) is 13.3 Å². The monoisotopic (exact) mass is 705 g/mol. The maximum atomic E-state index is 6.55. The van der Waals surface area contributed by atoms with Crippen LogP contribution in [0, 0.1) is 5.92 Å². The Morgan fingerprint density at radius 3 is 2.09 bits per heavy atom. The molecule has 1 atom stereocenters. The van der Waals surface area contributed by atoms with Gasteiger partial charge in [-0.2, -0.15) is 0 Å². The van der Waals surface area contributed by atoms with Crippen LogP contribution >= 0.6 is 0 Å². The number of nitrogens with zero attached hydrogens (tertiary/aromatic N) is 3. The fourth-order valence-electron chi connectivity index (χ4n) is 9.00. The first-order valence-electron chi connectivity index (χ1n) is 18.8. The van der Waals surface area contributed by atoms with Gasteiger partial charge in [-0.1, -0.05) is 128 Å². The van der Waals surface area contributed by atoms with Crippen molar-refractivity contribution in [2.24, 2.45) is 5.92 Å². The number of rotatable bonds is 4. The molecule has 7 aromatic carbocycles. The van der Waals surface area contributed by atoms with Crippen molar-refractivity contribution in [3.8, 4) is 56.2 Å². The van der Waals surface area contributed by atoms with Crippen molar-refractivity contribution in [2.75, 3.05) is 0 Å². The molecule has 0 bridgehead atoms. The van der Waals surface area contributed by atoms with Gasteiger partial charge >= 0.3 is 0 Å². The second kappa shape index (κ2) is 11.4. The summed E-state index contributed by atoms with van der Waals surface area (Å²) < 4.78 is 12.9. The van der Waals surface area contributed by atoms with Crippen LogP contribution in [0.25, 0.3) is 111 Å². The molecule has 1 unspecified atom stereocenters. The third-order valence-electron chi connectivity index (χ3n) is 11.5. The number of aromatic nitrogens is 3. The van der Waals surface area contributed by atoms with Crippen LogP contribution in [-0.2, 0) is 6.42 Å². The predicted octanol–water partition coefficient (Wildman–Crippen LogP) is 13.1. The minimum atomic E-state index is 0.143. The van der Waals surface area contributed by atoms with E-state index >= 15 is 0 Å². The van der Waals surface area contributed by atoms with E-state index in [1.165, 1.54) is 38.6 Å². The summed E-state index contributed by atoms with van der Waals surface area (Å²) in [5.74, 6) is 3.07. The van der Waals surface area contributed by atoms with Gasteiger partial charge in [-0.05, 0) is 80.4 Å². The summed E-state index contributed by atoms with van der Waals surface area (Å²) in [5.41, 5.74) is 14.0. The summed E-state index contributed by atoms with van der Waals surface area (Å²) in [7, 11) is 0. The second-order valence-corrected chi connectivity index (χ2v) is 14.7. The number of benzene rings is 7. The fraction of sp³-hybridized carbons (Fsp3) is 0.0600. The minimum Gasteiger partial charge on any atom is -0.460 e. The summed E-state index contributed by atoms with van der Waals surface area (Å²) >= 11 is 0. The van der Waals surface area contributed by atoms with Crippen LogP contribution < -0.4 is 0 Å². The molecule has 10 aromatic rings. The van der Waals surface area contributed by atoms with Gasteiger partial charge in [0.2, 0.25) is 0 Å². The zero-order chi connectivity index (χ0) is 36.2. The van der Waals surface area contributed by atoms with Crippen LogP contribution in [0.15, 0.2) is 154 Å². The molecule has 0 N–H and O–H groups in total. The van der Waals surface area contributed by atoms with Crippen molar-refractivity contribution in [3.05, 3.63) is 163 Å². The van der Waals surface area contributed by atoms with Gasteiger partial charge in [0.05, 0.1) is 0 Å². The average molecular weight is 706 g/mol. The molecule has 3 aromatic heterocycles. The topological polar surface area (TPSA) is 65.0 Å². The lowest BCUT2D eigenvalue weighted by Gasteiger charge is -2.20. The Morgan fingerprint density at radius 1 is 0.491 bits per heavy atom. The lowest BCUT2D eigenvalue weighted by atomic mass is 9.87. The molecular weight excluding hydrogens is 675 g/mol. The molecule has 0 radical (unpaired) electrons. The Hall–Kier alpha value is -7.11. The molecule has 258 valence electrons. The Kier molecular flexibility index (Phi) is 6.32. The van der Waals surface area contributed by atoms with Crippen molar-refractivity contribution in [1.29, 1.82) is 0 Å². The summed E-state index contributed by atoms with van der Waals surface area (Å²) in [6.45, 7) is 2.22. The van der Waals surface area contributed by atoms with E-state index < -0.39 is 0 Å². The number of allylic oxidation sites excluding steroid dienone is 1. The van der Waals surface area contributed by atoms with E-state index in [4.69, 9.17) is 23.8 Å². The van der Waals surface area contributed by atoms with Gasteiger partial charge in [-0.3, -0.25) is 0 Å². The SMILES string of the molecule is CC1Cc2oc3ccccc3c2C=C1c1nc(-c2ccccc2)nc(-c2cccc3oc4ccc(-c5cccc6c5-c5cccc7cccc-6c57)cc4c23)n1. The number of para-hydroxylation sites is 1. The van der Waals surface area contributed by atoms with Crippen molar-refractivity contribution in [3.63, 3.8) is 0 Å². The minimum absolute atomic E-state index is 0.143. The molecule has 5 heteroatoms. The molecule has 0 spiro atoms. The zero-order valence-corrected chi connectivity index (χ0v) is 29.9. The molecule has 2 aliphatic rings. The molecule has 2 aliphatic carbocycles. The summed E-state index contributed by atoms with van der Waals surface area (Å²) in [5, 5.41) is 5.71. The number of hydrogen-bond acceptors (Lipinski definition) is 5. The Morgan fingerprint density at radius 2 is 1.18 bits per heavy atom. The van der Waals surface area contributed by atoms with Gasteiger partial charge in [0, 0.05) is 44.8 Å². The third kappa shape index (κ3) is 4.50. The van der Waals surface area contributed by atoms with Crippen LogP contribution in [0.1, 0.15) is 24.1 Å². The molecule has 0 saturated carbocycles. The normalized spacial score (nSPS) is 14.5. The van der Waals surface area contributed by atoms with Crippen molar-refractivity contribution >= 4 is 55.3 Å². The molecule has 55 heavy (non-hydrogen) atoms. The van der Waals surface area contributed by atoms with Crippen LogP contribution in [0.4, 0.5) is 0 Å². The quantitative estimate of drug-likeness (QED) is 0.182. The molecule has 3 heterocycles. The van der Waals surface area contributed by atoms with Crippen LogP contribution in [0.3, 0.4) is 0 Å². The molecule has 0 fully saturated rings. The highest BCUT2D eigenvalue weighted by Crippen LogP contribution is 2.51. The lowest BCUT2D eigenvalue weighted by Crippen LogP contribution is -2.12. The molecule has 0 aliphatic heterocycles. The van der Waals surface area contributed by atoms with Crippen LogP contribution in [-0.4, -0.2) is 15.0 Å². The smallest absolute Gasteiger partial charge is 0.164 e. The van der Waals surface area contributed by atoms with Crippen molar-refractivity contribution in [1.82, 2.24) is 15.0 Å². The molecule has 5 nitrogen and oxygen atoms in total. The van der Waals surface area contributed by atoms with Gasteiger partial charge < -0.3 is 8.83 Å².